The zero-order chi connectivity index (χ0) is 18.8. The maximum atomic E-state index is 13.6. The number of benzene rings is 2. The van der Waals surface area contributed by atoms with Crippen LogP contribution >= 0.6 is 0 Å². The largest absolute Gasteiger partial charge is 0.485 e. The molecule has 0 radical (unpaired) electrons. The van der Waals surface area contributed by atoms with Gasteiger partial charge in [-0.15, -0.1) is 0 Å². The minimum atomic E-state index is -5.00. The molecule has 0 N–H and O–H groups in total. The number of hydrogen-bond donors (Lipinski definition) is 0. The van der Waals surface area contributed by atoms with Crippen LogP contribution in [0.15, 0.2) is 36.4 Å². The van der Waals surface area contributed by atoms with Gasteiger partial charge in [-0.25, -0.2) is 4.39 Å². The monoisotopic (exact) mass is 366 g/mol. The first-order valence-electron chi connectivity index (χ1n) is 6.67. The number of halogens is 7. The summed E-state index contributed by atoms with van der Waals surface area (Å²) in [5, 5.41) is 0. The Morgan fingerprint density at radius 3 is 1.96 bits per heavy atom. The normalized spacial score (nSPS) is 12.1. The molecule has 0 spiro atoms. The van der Waals surface area contributed by atoms with Crippen molar-refractivity contribution < 1.29 is 40.3 Å². The van der Waals surface area contributed by atoms with E-state index < -0.39 is 47.2 Å². The minimum Gasteiger partial charge on any atom is -0.485 e. The van der Waals surface area contributed by atoms with E-state index >= 15 is 0 Å². The van der Waals surface area contributed by atoms with E-state index in [-0.39, 0.29) is 17.9 Å². The zero-order valence-electron chi connectivity index (χ0n) is 12.2. The molecule has 9 heteroatoms. The second kappa shape index (κ2) is 6.73. The van der Waals surface area contributed by atoms with Crippen LogP contribution in [0.1, 0.15) is 27.0 Å². The lowest BCUT2D eigenvalue weighted by Gasteiger charge is -2.15. The van der Waals surface area contributed by atoms with Gasteiger partial charge in [0.25, 0.3) is 0 Å². The molecule has 0 amide bonds. The average Bonchev–Trinajstić information content (AvgIpc) is 2.51. The molecule has 25 heavy (non-hydrogen) atoms. The van der Waals surface area contributed by atoms with Gasteiger partial charge in [0, 0.05) is 0 Å². The number of ether oxygens (including phenoxy) is 1. The summed E-state index contributed by atoms with van der Waals surface area (Å²) < 4.78 is 95.2. The van der Waals surface area contributed by atoms with Gasteiger partial charge in [0.05, 0.1) is 16.7 Å². The minimum absolute atomic E-state index is 0.0244. The van der Waals surface area contributed by atoms with E-state index in [9.17, 15) is 35.5 Å². The highest BCUT2D eigenvalue weighted by molar-refractivity contribution is 5.79. The van der Waals surface area contributed by atoms with Crippen LogP contribution in [0.25, 0.3) is 0 Å². The third-order valence-electron chi connectivity index (χ3n) is 3.16. The molecule has 0 aliphatic carbocycles. The second-order valence-electron chi connectivity index (χ2n) is 4.98. The number of alkyl halides is 6. The highest BCUT2D eigenvalue weighted by Gasteiger charge is 2.36. The Balaban J connectivity index is 2.38. The van der Waals surface area contributed by atoms with Crippen molar-refractivity contribution in [3.8, 4) is 5.75 Å². The van der Waals surface area contributed by atoms with Crippen LogP contribution in [0.3, 0.4) is 0 Å². The van der Waals surface area contributed by atoms with Crippen molar-refractivity contribution in [2.75, 3.05) is 0 Å². The number of para-hydroxylation sites is 1. The highest BCUT2D eigenvalue weighted by atomic mass is 19.4. The predicted octanol–water partition coefficient (Wildman–Crippen LogP) is 5.25. The van der Waals surface area contributed by atoms with Crippen LogP contribution in [0.2, 0.25) is 0 Å². The van der Waals surface area contributed by atoms with Crippen LogP contribution < -0.4 is 4.74 Å². The van der Waals surface area contributed by atoms with Crippen molar-refractivity contribution in [3.05, 3.63) is 64.5 Å². The van der Waals surface area contributed by atoms with Crippen molar-refractivity contribution in [1.82, 2.24) is 0 Å². The van der Waals surface area contributed by atoms with Gasteiger partial charge in [0.2, 0.25) is 0 Å². The van der Waals surface area contributed by atoms with Gasteiger partial charge >= 0.3 is 12.4 Å². The highest BCUT2D eigenvalue weighted by Crippen LogP contribution is 2.36. The molecule has 0 aromatic heterocycles. The Labute approximate surface area is 136 Å². The van der Waals surface area contributed by atoms with Gasteiger partial charge in [-0.2, -0.15) is 26.3 Å². The Morgan fingerprint density at radius 2 is 1.48 bits per heavy atom. The maximum Gasteiger partial charge on any atom is 0.416 e. The first-order valence-corrected chi connectivity index (χ1v) is 6.67. The molecule has 2 aromatic carbocycles. The molecule has 2 rings (SSSR count). The van der Waals surface area contributed by atoms with E-state index in [1.807, 2.05) is 0 Å². The topological polar surface area (TPSA) is 26.3 Å². The number of rotatable bonds is 4. The second-order valence-corrected chi connectivity index (χ2v) is 4.98. The molecule has 2 aromatic rings. The van der Waals surface area contributed by atoms with Crippen LogP contribution in [0.4, 0.5) is 30.7 Å². The molecule has 0 bridgehead atoms. The van der Waals surface area contributed by atoms with Crippen LogP contribution in [-0.2, 0) is 19.0 Å². The maximum absolute atomic E-state index is 13.6. The van der Waals surface area contributed by atoms with Gasteiger partial charge in [-0.3, -0.25) is 4.79 Å². The third kappa shape index (κ3) is 4.49. The summed E-state index contributed by atoms with van der Waals surface area (Å²) >= 11 is 0. The van der Waals surface area contributed by atoms with Gasteiger partial charge in [-0.1, -0.05) is 6.07 Å². The summed E-state index contributed by atoms with van der Waals surface area (Å²) in [7, 11) is 0. The van der Waals surface area contributed by atoms with Gasteiger partial charge in [-0.05, 0) is 35.9 Å². The molecular formula is C16H9F7O2. The first-order chi connectivity index (χ1) is 11.5. The lowest BCUT2D eigenvalue weighted by molar-refractivity contribution is -0.143. The Bertz CT molecular complexity index is 747. The summed E-state index contributed by atoms with van der Waals surface area (Å²) in [4.78, 5) is 10.8. The lowest BCUT2D eigenvalue weighted by Crippen LogP contribution is -2.12. The summed E-state index contributed by atoms with van der Waals surface area (Å²) in [5.41, 5.74) is -3.71. The molecule has 0 aliphatic rings. The van der Waals surface area contributed by atoms with Crippen LogP contribution in [0.5, 0.6) is 5.75 Å². The van der Waals surface area contributed by atoms with E-state index in [0.29, 0.717) is 12.1 Å². The standard InChI is InChI=1S/C16H9F7O2/c17-13-3-1-2-10(7-24)14(13)25-8-9-4-11(15(18,19)20)6-12(5-9)16(21,22)23/h1-7H,8H2. The third-order valence-corrected chi connectivity index (χ3v) is 3.16. The van der Waals surface area contributed by atoms with Crippen molar-refractivity contribution in [3.63, 3.8) is 0 Å². The molecule has 0 fully saturated rings. The molecule has 0 aliphatic heterocycles. The fraction of sp³-hybridized carbons (Fsp3) is 0.188. The molecular weight excluding hydrogens is 357 g/mol. The molecule has 0 saturated heterocycles. The molecule has 2 nitrogen and oxygen atoms in total. The molecule has 0 atom stereocenters. The fourth-order valence-electron chi connectivity index (χ4n) is 2.03. The Morgan fingerprint density at radius 1 is 0.920 bits per heavy atom. The predicted molar refractivity (Wildman–Crippen MR) is 72.6 cm³/mol. The summed E-state index contributed by atoms with van der Waals surface area (Å²) in [6.45, 7) is -0.783. The van der Waals surface area contributed by atoms with Crippen LogP contribution in [0, 0.1) is 5.82 Å². The van der Waals surface area contributed by atoms with Crippen molar-refractivity contribution in [2.24, 2.45) is 0 Å². The molecule has 0 unspecified atom stereocenters. The molecule has 0 heterocycles. The van der Waals surface area contributed by atoms with Crippen molar-refractivity contribution in [1.29, 1.82) is 0 Å². The van der Waals surface area contributed by atoms with E-state index in [4.69, 9.17) is 4.74 Å². The SMILES string of the molecule is O=Cc1cccc(F)c1OCc1cc(C(F)(F)F)cc(C(F)(F)F)c1. The quantitative estimate of drug-likeness (QED) is 0.545. The van der Waals surface area contributed by atoms with Gasteiger partial charge in [0.1, 0.15) is 6.61 Å². The number of hydrogen-bond acceptors (Lipinski definition) is 2. The van der Waals surface area contributed by atoms with Crippen LogP contribution in [-0.4, -0.2) is 6.29 Å². The van der Waals surface area contributed by atoms with E-state index in [0.717, 1.165) is 6.07 Å². The summed E-state index contributed by atoms with van der Waals surface area (Å²) in [6.07, 6.45) is -9.74. The molecule has 134 valence electrons. The summed E-state index contributed by atoms with van der Waals surface area (Å²) in [6, 6.07) is 4.25. The number of carbonyl (C=O) groups is 1. The fourth-order valence-corrected chi connectivity index (χ4v) is 2.03. The Kier molecular flexibility index (Phi) is 5.05. The number of aldehydes is 1. The van der Waals surface area contributed by atoms with E-state index in [1.54, 1.807) is 0 Å². The Hall–Kier alpha value is -2.58. The smallest absolute Gasteiger partial charge is 0.416 e. The summed E-state index contributed by atoms with van der Waals surface area (Å²) in [5.74, 6) is -1.52. The zero-order valence-corrected chi connectivity index (χ0v) is 12.2. The average molecular weight is 366 g/mol. The first kappa shape index (κ1) is 18.8. The van der Waals surface area contributed by atoms with Crippen molar-refractivity contribution in [2.45, 2.75) is 19.0 Å². The lowest BCUT2D eigenvalue weighted by atomic mass is 10.1. The van der Waals surface area contributed by atoms with Gasteiger partial charge in [0.15, 0.2) is 17.9 Å². The number of carbonyl (C=O) groups excluding carboxylic acids is 1. The van der Waals surface area contributed by atoms with Crippen molar-refractivity contribution >= 4 is 6.29 Å². The van der Waals surface area contributed by atoms with E-state index in [2.05, 4.69) is 0 Å². The van der Waals surface area contributed by atoms with Gasteiger partial charge < -0.3 is 4.74 Å². The molecule has 0 saturated carbocycles. The van der Waals surface area contributed by atoms with E-state index in [1.165, 1.54) is 12.1 Å².